The summed E-state index contributed by atoms with van der Waals surface area (Å²) in [5.74, 6) is 5.83. The Bertz CT molecular complexity index is 323. The van der Waals surface area contributed by atoms with Gasteiger partial charge in [0.15, 0.2) is 7.28 Å². The van der Waals surface area contributed by atoms with Crippen LogP contribution in [0.2, 0.25) is 6.32 Å². The molecule has 0 fully saturated rings. The molecule has 0 aromatic heterocycles. The van der Waals surface area contributed by atoms with Crippen molar-refractivity contribution in [3.63, 3.8) is 0 Å². The molecular formula is C13H17BO. The molecule has 0 heterocycles. The molecule has 1 aromatic rings. The van der Waals surface area contributed by atoms with Crippen molar-refractivity contribution in [3.05, 3.63) is 35.9 Å². The Kier molecular flexibility index (Phi) is 5.66. The molecule has 0 amide bonds. The van der Waals surface area contributed by atoms with Crippen molar-refractivity contribution in [2.45, 2.75) is 32.1 Å². The number of rotatable bonds is 4. The molecule has 1 rings (SSSR count). The van der Waals surface area contributed by atoms with Gasteiger partial charge in [-0.1, -0.05) is 56.1 Å². The number of aliphatic hydroxyl groups is 1. The highest BCUT2D eigenvalue weighted by atomic mass is 16.3. The summed E-state index contributed by atoms with van der Waals surface area (Å²) in [4.78, 5) is 0. The van der Waals surface area contributed by atoms with Gasteiger partial charge in [-0.3, -0.25) is 0 Å². The molecular weight excluding hydrogens is 183 g/mol. The Labute approximate surface area is 92.8 Å². The molecule has 1 aromatic carbocycles. The first kappa shape index (κ1) is 11.9. The minimum atomic E-state index is -0.475. The monoisotopic (exact) mass is 200 g/mol. The van der Waals surface area contributed by atoms with Gasteiger partial charge in [-0.2, -0.15) is 0 Å². The van der Waals surface area contributed by atoms with Crippen molar-refractivity contribution in [2.24, 2.45) is 0 Å². The number of aliphatic hydroxyl groups excluding tert-OH is 1. The van der Waals surface area contributed by atoms with E-state index >= 15 is 0 Å². The molecule has 0 radical (unpaired) electrons. The molecule has 1 unspecified atom stereocenters. The first-order valence-corrected chi connectivity index (χ1v) is 5.57. The molecule has 0 aliphatic heterocycles. The van der Waals surface area contributed by atoms with Crippen LogP contribution in [-0.2, 0) is 0 Å². The number of hydrogen-bond donors (Lipinski definition) is 1. The third-order valence-electron chi connectivity index (χ3n) is 2.24. The third-order valence-corrected chi connectivity index (χ3v) is 2.24. The minimum absolute atomic E-state index is 0.475. The quantitative estimate of drug-likeness (QED) is 0.447. The van der Waals surface area contributed by atoms with Crippen LogP contribution in [0.5, 0.6) is 0 Å². The average Bonchev–Trinajstić information content (AvgIpc) is 2.28. The second-order valence-corrected chi connectivity index (χ2v) is 3.65. The first-order valence-electron chi connectivity index (χ1n) is 5.57. The van der Waals surface area contributed by atoms with E-state index in [1.165, 1.54) is 12.8 Å². The van der Waals surface area contributed by atoms with E-state index in [4.69, 9.17) is 0 Å². The van der Waals surface area contributed by atoms with Gasteiger partial charge in [0.25, 0.3) is 0 Å². The lowest BCUT2D eigenvalue weighted by Crippen LogP contribution is -2.12. The van der Waals surface area contributed by atoms with Crippen molar-refractivity contribution in [1.82, 2.24) is 0 Å². The minimum Gasteiger partial charge on any atom is -0.389 e. The zero-order valence-corrected chi connectivity index (χ0v) is 9.24. The fourth-order valence-corrected chi connectivity index (χ4v) is 1.35. The number of benzene rings is 1. The third kappa shape index (κ3) is 5.29. The number of unbranched alkanes of at least 4 members (excludes halogenated alkanes) is 1. The number of hydrogen-bond acceptors (Lipinski definition) is 1. The second-order valence-electron chi connectivity index (χ2n) is 3.65. The normalized spacial score (nSPS) is 11.3. The largest absolute Gasteiger partial charge is 0.389 e. The molecule has 1 nitrogen and oxygen atoms in total. The lowest BCUT2D eigenvalue weighted by atomic mass is 9.67. The van der Waals surface area contributed by atoms with Crippen molar-refractivity contribution in [3.8, 4) is 11.8 Å². The van der Waals surface area contributed by atoms with Crippen LogP contribution < -0.4 is 0 Å². The van der Waals surface area contributed by atoms with Gasteiger partial charge in [0.05, 0.1) is 6.00 Å². The van der Waals surface area contributed by atoms with Crippen LogP contribution in [0.4, 0.5) is 0 Å². The molecule has 0 aliphatic rings. The second kappa shape index (κ2) is 7.14. The summed E-state index contributed by atoms with van der Waals surface area (Å²) < 4.78 is 0. The van der Waals surface area contributed by atoms with E-state index in [0.717, 1.165) is 19.2 Å². The van der Waals surface area contributed by atoms with Crippen molar-refractivity contribution < 1.29 is 5.11 Å². The van der Waals surface area contributed by atoms with E-state index in [1.54, 1.807) is 0 Å². The summed E-state index contributed by atoms with van der Waals surface area (Å²) in [6.07, 6.45) is 3.41. The first-order chi connectivity index (χ1) is 7.33. The Balaban J connectivity index is 2.37. The van der Waals surface area contributed by atoms with E-state index in [0.29, 0.717) is 0 Å². The van der Waals surface area contributed by atoms with Gasteiger partial charge in [-0.25, -0.2) is 0 Å². The molecule has 1 atom stereocenters. The van der Waals surface area contributed by atoms with Crippen LogP contribution in [-0.4, -0.2) is 18.4 Å². The van der Waals surface area contributed by atoms with Crippen LogP contribution in [0, 0.1) is 11.8 Å². The van der Waals surface area contributed by atoms with Crippen molar-refractivity contribution >= 4 is 7.28 Å². The molecule has 0 spiro atoms. The Morgan fingerprint density at radius 1 is 1.33 bits per heavy atom. The molecule has 78 valence electrons. The van der Waals surface area contributed by atoms with Gasteiger partial charge < -0.3 is 5.11 Å². The summed E-state index contributed by atoms with van der Waals surface area (Å²) in [6.45, 7) is 2.15. The molecule has 0 bridgehead atoms. The molecule has 2 heteroatoms. The van der Waals surface area contributed by atoms with Crippen LogP contribution in [0.3, 0.4) is 0 Å². The average molecular weight is 200 g/mol. The summed E-state index contributed by atoms with van der Waals surface area (Å²) in [7, 11) is 0.785. The molecule has 1 N–H and O–H groups in total. The zero-order valence-electron chi connectivity index (χ0n) is 9.24. The van der Waals surface area contributed by atoms with Crippen LogP contribution in [0.25, 0.3) is 0 Å². The highest BCUT2D eigenvalue weighted by Crippen LogP contribution is 1.97. The fraction of sp³-hybridized carbons (Fsp3) is 0.385. The molecule has 0 saturated carbocycles. The molecule has 0 aliphatic carbocycles. The van der Waals surface area contributed by atoms with E-state index in [-0.39, 0.29) is 0 Å². The van der Waals surface area contributed by atoms with Gasteiger partial charge in [-0.05, 0) is 12.1 Å². The maximum absolute atomic E-state index is 9.56. The van der Waals surface area contributed by atoms with E-state index in [2.05, 4.69) is 18.8 Å². The standard InChI is InChI=1S/C13H17BO/c1-2-3-11-14-13(15)10-9-12-7-5-4-6-8-12/h4-8,13-15H,2-3,11H2,1H3. The Hall–Kier alpha value is -1.20. The lowest BCUT2D eigenvalue weighted by Gasteiger charge is -1.99. The predicted octanol–water partition coefficient (Wildman–Crippen LogP) is 2.01. The van der Waals surface area contributed by atoms with Crippen LogP contribution in [0.1, 0.15) is 25.3 Å². The van der Waals surface area contributed by atoms with Gasteiger partial charge in [0, 0.05) is 5.56 Å². The maximum Gasteiger partial charge on any atom is 0.173 e. The molecule has 0 saturated heterocycles. The predicted molar refractivity (Wildman–Crippen MR) is 66.2 cm³/mol. The van der Waals surface area contributed by atoms with E-state index in [9.17, 15) is 5.11 Å². The van der Waals surface area contributed by atoms with Gasteiger partial charge in [0.2, 0.25) is 0 Å². The van der Waals surface area contributed by atoms with Crippen molar-refractivity contribution in [2.75, 3.05) is 0 Å². The fourth-order valence-electron chi connectivity index (χ4n) is 1.35. The van der Waals surface area contributed by atoms with Crippen LogP contribution in [0.15, 0.2) is 30.3 Å². The Morgan fingerprint density at radius 3 is 2.73 bits per heavy atom. The van der Waals surface area contributed by atoms with E-state index in [1.807, 2.05) is 30.3 Å². The molecule has 15 heavy (non-hydrogen) atoms. The van der Waals surface area contributed by atoms with Gasteiger partial charge >= 0.3 is 0 Å². The van der Waals surface area contributed by atoms with E-state index < -0.39 is 6.00 Å². The summed E-state index contributed by atoms with van der Waals surface area (Å²) in [6, 6.07) is 9.29. The Morgan fingerprint density at radius 2 is 2.07 bits per heavy atom. The highest BCUT2D eigenvalue weighted by Gasteiger charge is 2.00. The maximum atomic E-state index is 9.56. The lowest BCUT2D eigenvalue weighted by molar-refractivity contribution is 0.307. The summed E-state index contributed by atoms with van der Waals surface area (Å²) >= 11 is 0. The zero-order chi connectivity index (χ0) is 10.9. The van der Waals surface area contributed by atoms with Crippen molar-refractivity contribution in [1.29, 1.82) is 0 Å². The smallest absolute Gasteiger partial charge is 0.173 e. The van der Waals surface area contributed by atoms with Crippen LogP contribution >= 0.6 is 0 Å². The summed E-state index contributed by atoms with van der Waals surface area (Å²) in [5, 5.41) is 9.56. The highest BCUT2D eigenvalue weighted by molar-refractivity contribution is 6.38. The van der Waals surface area contributed by atoms with Gasteiger partial charge in [-0.15, -0.1) is 0 Å². The van der Waals surface area contributed by atoms with Gasteiger partial charge in [0.1, 0.15) is 0 Å². The topological polar surface area (TPSA) is 20.2 Å². The summed E-state index contributed by atoms with van der Waals surface area (Å²) in [5.41, 5.74) is 0.965. The SMILES string of the molecule is CCCCBC(O)C#Cc1ccccc1.